The summed E-state index contributed by atoms with van der Waals surface area (Å²) >= 11 is 0. The predicted molar refractivity (Wildman–Crippen MR) is 89.1 cm³/mol. The van der Waals surface area contributed by atoms with Gasteiger partial charge in [-0.3, -0.25) is 9.59 Å². The van der Waals surface area contributed by atoms with Crippen LogP contribution in [0.25, 0.3) is 0 Å². The van der Waals surface area contributed by atoms with E-state index in [0.29, 0.717) is 5.56 Å². The number of nitrogens with one attached hydrogen (secondary N) is 1. The zero-order chi connectivity index (χ0) is 16.7. The quantitative estimate of drug-likeness (QED) is 0.834. The second-order valence-electron chi connectivity index (χ2n) is 5.47. The van der Waals surface area contributed by atoms with Crippen molar-refractivity contribution in [2.24, 2.45) is 0 Å². The van der Waals surface area contributed by atoms with Gasteiger partial charge in [0, 0.05) is 12.1 Å². The molecule has 2 aromatic carbocycles. The summed E-state index contributed by atoms with van der Waals surface area (Å²) in [6.45, 7) is 4.41. The summed E-state index contributed by atoms with van der Waals surface area (Å²) in [7, 11) is 0. The molecule has 0 fully saturated rings. The minimum Gasteiger partial charge on any atom is -0.461 e. The third-order valence-electron chi connectivity index (χ3n) is 3.52. The molecule has 0 aliphatic carbocycles. The highest BCUT2D eigenvalue weighted by molar-refractivity contribution is 5.95. The van der Waals surface area contributed by atoms with Crippen molar-refractivity contribution in [2.75, 3.05) is 6.54 Å². The van der Waals surface area contributed by atoms with Crippen molar-refractivity contribution in [3.8, 4) is 0 Å². The van der Waals surface area contributed by atoms with Gasteiger partial charge in [0.2, 0.25) is 0 Å². The molecule has 0 unspecified atom stereocenters. The number of esters is 1. The topological polar surface area (TPSA) is 55.4 Å². The number of aryl methyl sites for hydroxylation is 2. The molecular formula is C19H21NO3. The second kappa shape index (κ2) is 8.13. The van der Waals surface area contributed by atoms with Crippen LogP contribution in [0.15, 0.2) is 48.5 Å². The first-order chi connectivity index (χ1) is 11.1. The average molecular weight is 311 g/mol. The molecule has 23 heavy (non-hydrogen) atoms. The van der Waals surface area contributed by atoms with Crippen molar-refractivity contribution < 1.29 is 14.3 Å². The molecule has 0 bridgehead atoms. The molecule has 2 rings (SSSR count). The number of hydrogen-bond acceptors (Lipinski definition) is 3. The number of amides is 1. The molecule has 1 amide bonds. The van der Waals surface area contributed by atoms with Gasteiger partial charge < -0.3 is 10.1 Å². The lowest BCUT2D eigenvalue weighted by Gasteiger charge is -2.08. The molecule has 0 atom stereocenters. The molecule has 0 radical (unpaired) electrons. The van der Waals surface area contributed by atoms with E-state index >= 15 is 0 Å². The lowest BCUT2D eigenvalue weighted by Crippen LogP contribution is -2.27. The molecule has 120 valence electrons. The summed E-state index contributed by atoms with van der Waals surface area (Å²) < 4.78 is 5.19. The summed E-state index contributed by atoms with van der Waals surface area (Å²) in [5.74, 6) is -0.495. The van der Waals surface area contributed by atoms with Crippen LogP contribution in [0.3, 0.4) is 0 Å². The van der Waals surface area contributed by atoms with Gasteiger partial charge in [-0.2, -0.15) is 0 Å². The first kappa shape index (κ1) is 16.7. The Morgan fingerprint density at radius 2 is 1.70 bits per heavy atom. The molecule has 0 heterocycles. The Morgan fingerprint density at radius 1 is 1.00 bits per heavy atom. The van der Waals surface area contributed by atoms with E-state index in [9.17, 15) is 9.59 Å². The maximum absolute atomic E-state index is 12.0. The number of ether oxygens (including phenoxy) is 1. The van der Waals surface area contributed by atoms with Gasteiger partial charge in [-0.1, -0.05) is 48.0 Å². The zero-order valence-electron chi connectivity index (χ0n) is 13.5. The van der Waals surface area contributed by atoms with Crippen molar-refractivity contribution in [2.45, 2.75) is 26.9 Å². The second-order valence-corrected chi connectivity index (χ2v) is 5.47. The van der Waals surface area contributed by atoms with E-state index in [1.165, 1.54) is 5.56 Å². The Labute approximate surface area is 136 Å². The van der Waals surface area contributed by atoms with Crippen molar-refractivity contribution >= 4 is 11.9 Å². The third-order valence-corrected chi connectivity index (χ3v) is 3.52. The normalized spacial score (nSPS) is 10.2. The maximum Gasteiger partial charge on any atom is 0.307 e. The van der Waals surface area contributed by atoms with E-state index in [1.807, 2.05) is 56.3 Å². The average Bonchev–Trinajstić information content (AvgIpc) is 2.54. The zero-order valence-corrected chi connectivity index (χ0v) is 13.5. The number of benzene rings is 2. The smallest absolute Gasteiger partial charge is 0.307 e. The monoisotopic (exact) mass is 311 g/mol. The van der Waals surface area contributed by atoms with E-state index in [2.05, 4.69) is 5.32 Å². The van der Waals surface area contributed by atoms with Gasteiger partial charge in [0.1, 0.15) is 6.61 Å². The first-order valence-electron chi connectivity index (χ1n) is 7.61. The minimum atomic E-state index is -0.323. The van der Waals surface area contributed by atoms with Crippen LogP contribution in [-0.2, 0) is 16.1 Å². The fourth-order valence-corrected chi connectivity index (χ4v) is 2.12. The summed E-state index contributed by atoms with van der Waals surface area (Å²) in [5, 5.41) is 2.74. The molecule has 0 aliphatic heterocycles. The van der Waals surface area contributed by atoms with E-state index in [-0.39, 0.29) is 31.4 Å². The highest BCUT2D eigenvalue weighted by Gasteiger charge is 2.09. The van der Waals surface area contributed by atoms with Crippen LogP contribution >= 0.6 is 0 Å². The lowest BCUT2D eigenvalue weighted by molar-refractivity contribution is -0.144. The van der Waals surface area contributed by atoms with Gasteiger partial charge in [0.25, 0.3) is 5.91 Å². The summed E-state index contributed by atoms with van der Waals surface area (Å²) in [5.41, 5.74) is 3.65. The molecule has 0 spiro atoms. The molecule has 0 aromatic heterocycles. The molecule has 0 saturated carbocycles. The van der Waals surface area contributed by atoms with E-state index in [0.717, 1.165) is 11.1 Å². The van der Waals surface area contributed by atoms with Crippen LogP contribution < -0.4 is 5.32 Å². The summed E-state index contributed by atoms with van der Waals surface area (Å²) in [4.78, 5) is 23.7. The van der Waals surface area contributed by atoms with Crippen LogP contribution in [0, 0.1) is 13.8 Å². The highest BCUT2D eigenvalue weighted by Crippen LogP contribution is 2.07. The Balaban J connectivity index is 1.71. The van der Waals surface area contributed by atoms with Gasteiger partial charge in [-0.05, 0) is 31.0 Å². The van der Waals surface area contributed by atoms with Crippen LogP contribution in [0.4, 0.5) is 0 Å². The Hall–Kier alpha value is -2.62. The van der Waals surface area contributed by atoms with E-state index in [4.69, 9.17) is 4.74 Å². The van der Waals surface area contributed by atoms with E-state index in [1.54, 1.807) is 6.07 Å². The van der Waals surface area contributed by atoms with Crippen LogP contribution in [0.2, 0.25) is 0 Å². The molecule has 1 N–H and O–H groups in total. The van der Waals surface area contributed by atoms with Crippen molar-refractivity contribution in [1.82, 2.24) is 5.32 Å². The molecule has 4 nitrogen and oxygen atoms in total. The minimum absolute atomic E-state index is 0.156. The van der Waals surface area contributed by atoms with Crippen molar-refractivity contribution in [1.29, 1.82) is 0 Å². The predicted octanol–water partition coefficient (Wildman–Crippen LogP) is 3.17. The summed E-state index contributed by atoms with van der Waals surface area (Å²) in [6.07, 6.45) is 0.156. The number of carbonyl (C=O) groups is 2. The Kier molecular flexibility index (Phi) is 5.92. The number of hydrogen-bond donors (Lipinski definition) is 1. The lowest BCUT2D eigenvalue weighted by atomic mass is 10.1. The fraction of sp³-hybridized carbons (Fsp3) is 0.263. The Morgan fingerprint density at radius 3 is 2.39 bits per heavy atom. The van der Waals surface area contributed by atoms with Crippen molar-refractivity contribution in [3.05, 3.63) is 70.8 Å². The first-order valence-corrected chi connectivity index (χ1v) is 7.61. The molecule has 4 heteroatoms. The molecule has 2 aromatic rings. The number of rotatable bonds is 6. The molecular weight excluding hydrogens is 290 g/mol. The standard InChI is InChI=1S/C19H21NO3/c1-14-7-9-16(10-8-14)13-23-18(21)11-12-20-19(22)17-6-4-3-5-15(17)2/h3-10H,11-13H2,1-2H3,(H,20,22). The van der Waals surface area contributed by atoms with Crippen LogP contribution in [-0.4, -0.2) is 18.4 Å². The third kappa shape index (κ3) is 5.25. The number of carbonyl (C=O) groups excluding carboxylic acids is 2. The highest BCUT2D eigenvalue weighted by atomic mass is 16.5. The summed E-state index contributed by atoms with van der Waals surface area (Å²) in [6, 6.07) is 15.2. The van der Waals surface area contributed by atoms with Gasteiger partial charge in [0.05, 0.1) is 6.42 Å². The van der Waals surface area contributed by atoms with Gasteiger partial charge in [-0.15, -0.1) is 0 Å². The van der Waals surface area contributed by atoms with Crippen LogP contribution in [0.1, 0.15) is 33.5 Å². The van der Waals surface area contributed by atoms with Gasteiger partial charge >= 0.3 is 5.97 Å². The van der Waals surface area contributed by atoms with Crippen LogP contribution in [0.5, 0.6) is 0 Å². The van der Waals surface area contributed by atoms with Gasteiger partial charge in [0.15, 0.2) is 0 Å². The SMILES string of the molecule is Cc1ccc(COC(=O)CCNC(=O)c2ccccc2C)cc1. The van der Waals surface area contributed by atoms with Gasteiger partial charge in [-0.25, -0.2) is 0 Å². The largest absolute Gasteiger partial charge is 0.461 e. The maximum atomic E-state index is 12.0. The molecule has 0 aliphatic rings. The molecule has 0 saturated heterocycles. The van der Waals surface area contributed by atoms with Crippen molar-refractivity contribution in [3.63, 3.8) is 0 Å². The van der Waals surface area contributed by atoms with E-state index < -0.39 is 0 Å². The fourth-order valence-electron chi connectivity index (χ4n) is 2.12. The Bertz CT molecular complexity index is 677.